The van der Waals surface area contributed by atoms with Crippen LogP contribution in [-0.4, -0.2) is 19.0 Å². The summed E-state index contributed by atoms with van der Waals surface area (Å²) in [7, 11) is 0. The molecule has 0 unspecified atom stereocenters. The maximum Gasteiger partial charge on any atom is 0.266 e. The molecule has 1 heterocycles. The fraction of sp³-hybridized carbons (Fsp3) is 0.400. The Morgan fingerprint density at radius 3 is 2.60 bits per heavy atom. The van der Waals surface area contributed by atoms with E-state index >= 15 is 0 Å². The fourth-order valence-corrected chi connectivity index (χ4v) is 2.09. The Morgan fingerprint density at radius 1 is 1.27 bits per heavy atom. The normalized spacial score (nSPS) is 19.6. The van der Waals surface area contributed by atoms with Crippen molar-refractivity contribution in [2.45, 2.75) is 12.3 Å². The van der Waals surface area contributed by atoms with Crippen LogP contribution < -0.4 is 4.90 Å². The third-order valence-electron chi connectivity index (χ3n) is 2.44. The minimum atomic E-state index is -2.62. The Bertz CT molecular complexity index is 382. The van der Waals surface area contributed by atoms with Crippen LogP contribution in [0.15, 0.2) is 18.2 Å². The molecule has 1 aromatic rings. The number of alkyl halides is 2. The van der Waals surface area contributed by atoms with Gasteiger partial charge in [-0.1, -0.05) is 29.3 Å². The topological polar surface area (TPSA) is 3.24 Å². The summed E-state index contributed by atoms with van der Waals surface area (Å²) in [6.45, 7) is 0.0279. The highest BCUT2D eigenvalue weighted by Gasteiger charge is 2.38. The molecule has 5 heteroatoms. The molecule has 0 bridgehead atoms. The number of benzene rings is 1. The maximum absolute atomic E-state index is 13.0. The summed E-state index contributed by atoms with van der Waals surface area (Å²) in [5.74, 6) is -2.62. The molecule has 1 fully saturated rings. The molecule has 1 aliphatic rings. The van der Waals surface area contributed by atoms with Crippen LogP contribution in [0.4, 0.5) is 14.5 Å². The minimum Gasteiger partial charge on any atom is -0.364 e. The molecule has 0 saturated carbocycles. The van der Waals surface area contributed by atoms with E-state index in [4.69, 9.17) is 23.2 Å². The summed E-state index contributed by atoms with van der Waals surface area (Å²) in [5.41, 5.74) is 0.585. The lowest BCUT2D eigenvalue weighted by molar-refractivity contribution is 0.0257. The molecule has 0 aliphatic carbocycles. The first kappa shape index (κ1) is 11.0. The van der Waals surface area contributed by atoms with Crippen molar-refractivity contribution in [1.29, 1.82) is 0 Å². The van der Waals surface area contributed by atoms with Crippen molar-refractivity contribution in [3.63, 3.8) is 0 Å². The van der Waals surface area contributed by atoms with Crippen molar-refractivity contribution in [3.8, 4) is 0 Å². The predicted molar refractivity (Wildman–Crippen MR) is 58.2 cm³/mol. The highest BCUT2D eigenvalue weighted by Crippen LogP contribution is 2.37. The second kappa shape index (κ2) is 3.80. The molecule has 0 atom stereocenters. The van der Waals surface area contributed by atoms with Crippen LogP contribution in [0.1, 0.15) is 6.42 Å². The molecule has 15 heavy (non-hydrogen) atoms. The molecule has 0 spiro atoms. The summed E-state index contributed by atoms with van der Waals surface area (Å²) in [6, 6.07) is 5.05. The molecule has 1 aliphatic heterocycles. The zero-order valence-corrected chi connectivity index (χ0v) is 9.32. The SMILES string of the molecule is FC1(F)CCN(c2cccc(Cl)c2Cl)C1. The van der Waals surface area contributed by atoms with E-state index in [1.807, 2.05) is 0 Å². The lowest BCUT2D eigenvalue weighted by Crippen LogP contribution is -2.25. The van der Waals surface area contributed by atoms with Crippen LogP contribution >= 0.6 is 23.2 Å². The molecule has 2 rings (SSSR count). The van der Waals surface area contributed by atoms with E-state index in [-0.39, 0.29) is 13.0 Å². The average Bonchev–Trinajstić information content (AvgIpc) is 2.51. The van der Waals surface area contributed by atoms with E-state index < -0.39 is 5.92 Å². The van der Waals surface area contributed by atoms with Gasteiger partial charge in [0.1, 0.15) is 0 Å². The Kier molecular flexibility index (Phi) is 2.77. The largest absolute Gasteiger partial charge is 0.364 e. The second-order valence-corrected chi connectivity index (χ2v) is 4.39. The van der Waals surface area contributed by atoms with Gasteiger partial charge in [-0.05, 0) is 12.1 Å². The van der Waals surface area contributed by atoms with Gasteiger partial charge in [0.25, 0.3) is 5.92 Å². The smallest absolute Gasteiger partial charge is 0.266 e. The van der Waals surface area contributed by atoms with E-state index in [1.54, 1.807) is 23.1 Å². The molecule has 0 aromatic heterocycles. The molecule has 0 radical (unpaired) electrons. The van der Waals surface area contributed by atoms with Crippen molar-refractivity contribution in [2.75, 3.05) is 18.0 Å². The Balaban J connectivity index is 2.28. The van der Waals surface area contributed by atoms with Gasteiger partial charge in [-0.2, -0.15) is 0 Å². The van der Waals surface area contributed by atoms with Crippen LogP contribution in [0.25, 0.3) is 0 Å². The number of hydrogen-bond donors (Lipinski definition) is 0. The van der Waals surface area contributed by atoms with E-state index in [9.17, 15) is 8.78 Å². The molecule has 1 aromatic carbocycles. The monoisotopic (exact) mass is 251 g/mol. The number of rotatable bonds is 1. The van der Waals surface area contributed by atoms with E-state index in [2.05, 4.69) is 0 Å². The van der Waals surface area contributed by atoms with Gasteiger partial charge >= 0.3 is 0 Å². The van der Waals surface area contributed by atoms with Crippen molar-refractivity contribution >= 4 is 28.9 Å². The summed E-state index contributed by atoms with van der Waals surface area (Å²) in [5, 5.41) is 0.737. The Hall–Kier alpha value is -0.540. The van der Waals surface area contributed by atoms with Crippen LogP contribution in [0.5, 0.6) is 0 Å². The zero-order valence-electron chi connectivity index (χ0n) is 7.81. The quantitative estimate of drug-likeness (QED) is 0.733. The highest BCUT2D eigenvalue weighted by molar-refractivity contribution is 6.43. The van der Waals surface area contributed by atoms with Gasteiger partial charge in [0.2, 0.25) is 0 Å². The molecule has 1 nitrogen and oxygen atoms in total. The molecule has 0 amide bonds. The van der Waals surface area contributed by atoms with E-state index in [0.717, 1.165) is 0 Å². The van der Waals surface area contributed by atoms with Crippen LogP contribution in [0, 0.1) is 0 Å². The van der Waals surface area contributed by atoms with Crippen LogP contribution in [0.2, 0.25) is 10.0 Å². The average molecular weight is 252 g/mol. The lowest BCUT2D eigenvalue weighted by Gasteiger charge is -2.19. The van der Waals surface area contributed by atoms with Gasteiger partial charge in [-0.25, -0.2) is 8.78 Å². The van der Waals surface area contributed by atoms with Crippen molar-refractivity contribution in [2.24, 2.45) is 0 Å². The first-order valence-corrected chi connectivity index (χ1v) is 5.32. The standard InChI is InChI=1S/C10H9Cl2F2N/c11-7-2-1-3-8(9(7)12)15-5-4-10(13,14)6-15/h1-3H,4-6H2. The lowest BCUT2D eigenvalue weighted by atomic mass is 10.3. The summed E-state index contributed by atoms with van der Waals surface area (Å²) in [6.07, 6.45) is -0.129. The third kappa shape index (κ3) is 2.18. The summed E-state index contributed by atoms with van der Waals surface area (Å²) in [4.78, 5) is 1.56. The number of anilines is 1. The molecule has 1 saturated heterocycles. The third-order valence-corrected chi connectivity index (χ3v) is 3.25. The van der Waals surface area contributed by atoms with E-state index in [0.29, 0.717) is 22.3 Å². The maximum atomic E-state index is 13.0. The van der Waals surface area contributed by atoms with Crippen molar-refractivity contribution < 1.29 is 8.78 Å². The Morgan fingerprint density at radius 2 is 2.00 bits per heavy atom. The van der Waals surface area contributed by atoms with Gasteiger partial charge in [-0.3, -0.25) is 0 Å². The number of nitrogens with zero attached hydrogens (tertiary/aromatic N) is 1. The summed E-state index contributed by atoms with van der Waals surface area (Å²) < 4.78 is 26.0. The zero-order chi connectivity index (χ0) is 11.1. The fourth-order valence-electron chi connectivity index (χ4n) is 1.68. The van der Waals surface area contributed by atoms with Gasteiger partial charge < -0.3 is 4.90 Å². The molecule has 82 valence electrons. The van der Waals surface area contributed by atoms with E-state index in [1.165, 1.54) is 0 Å². The van der Waals surface area contributed by atoms with Crippen molar-refractivity contribution in [1.82, 2.24) is 0 Å². The molecule has 0 N–H and O–H groups in total. The van der Waals surface area contributed by atoms with Crippen molar-refractivity contribution in [3.05, 3.63) is 28.2 Å². The second-order valence-electron chi connectivity index (χ2n) is 3.60. The molecular weight excluding hydrogens is 243 g/mol. The minimum absolute atomic E-state index is 0.129. The van der Waals surface area contributed by atoms with Gasteiger partial charge in [0, 0.05) is 13.0 Å². The van der Waals surface area contributed by atoms with Crippen LogP contribution in [-0.2, 0) is 0 Å². The summed E-state index contributed by atoms with van der Waals surface area (Å²) >= 11 is 11.8. The Labute approximate surface area is 96.6 Å². The first-order valence-electron chi connectivity index (χ1n) is 4.56. The number of hydrogen-bond acceptors (Lipinski definition) is 1. The van der Waals surface area contributed by atoms with Gasteiger partial charge in [0.05, 0.1) is 22.3 Å². The van der Waals surface area contributed by atoms with Gasteiger partial charge in [-0.15, -0.1) is 0 Å². The number of halogens is 4. The first-order chi connectivity index (χ1) is 6.99. The predicted octanol–water partition coefficient (Wildman–Crippen LogP) is 3.84. The molecular formula is C10H9Cl2F2N. The highest BCUT2D eigenvalue weighted by atomic mass is 35.5. The van der Waals surface area contributed by atoms with Crippen LogP contribution in [0.3, 0.4) is 0 Å². The van der Waals surface area contributed by atoms with Gasteiger partial charge in [0.15, 0.2) is 0 Å².